The van der Waals surface area contributed by atoms with Crippen molar-refractivity contribution in [2.75, 3.05) is 6.54 Å². The third-order valence-corrected chi connectivity index (χ3v) is 2.66. The van der Waals surface area contributed by atoms with Crippen LogP contribution in [0, 0.1) is 5.82 Å². The van der Waals surface area contributed by atoms with Crippen LogP contribution in [0.2, 0.25) is 5.02 Å². The van der Waals surface area contributed by atoms with Crippen molar-refractivity contribution in [1.29, 1.82) is 0 Å². The smallest absolute Gasteiger partial charge is 0.196 e. The minimum Gasteiger partial charge on any atom is -0.441 e. The van der Waals surface area contributed by atoms with Crippen molar-refractivity contribution in [2.24, 2.45) is 0 Å². The van der Waals surface area contributed by atoms with E-state index in [-0.39, 0.29) is 5.02 Å². The number of hydrogen-bond acceptors (Lipinski definition) is 3. The number of benzene rings is 1. The van der Waals surface area contributed by atoms with E-state index in [0.717, 1.165) is 6.54 Å². The largest absolute Gasteiger partial charge is 0.441 e. The highest BCUT2D eigenvalue weighted by Gasteiger charge is 2.09. The van der Waals surface area contributed by atoms with Crippen LogP contribution in [0.1, 0.15) is 19.7 Å². The van der Waals surface area contributed by atoms with Crippen LogP contribution in [-0.2, 0) is 6.42 Å². The Balaban J connectivity index is 2.14. The van der Waals surface area contributed by atoms with Crippen molar-refractivity contribution >= 4 is 22.7 Å². The molecule has 0 saturated carbocycles. The standard InChI is InChI=1S/C12H14ClFN2O/c1-7(2)15-4-3-12-16-10-5-8(13)9(14)6-11(10)17-12/h5-7,15H,3-4H2,1-2H3. The van der Waals surface area contributed by atoms with E-state index in [1.807, 2.05) is 0 Å². The summed E-state index contributed by atoms with van der Waals surface area (Å²) in [6, 6.07) is 3.17. The Kier molecular flexibility index (Phi) is 3.64. The number of nitrogens with zero attached hydrogens (tertiary/aromatic N) is 1. The molecule has 0 bridgehead atoms. The highest BCUT2D eigenvalue weighted by molar-refractivity contribution is 6.31. The van der Waals surface area contributed by atoms with E-state index in [0.29, 0.717) is 29.5 Å². The van der Waals surface area contributed by atoms with Crippen molar-refractivity contribution in [2.45, 2.75) is 26.3 Å². The van der Waals surface area contributed by atoms with Gasteiger partial charge in [-0.05, 0) is 6.07 Å². The second-order valence-corrected chi connectivity index (χ2v) is 4.61. The van der Waals surface area contributed by atoms with Gasteiger partial charge in [0, 0.05) is 25.1 Å². The summed E-state index contributed by atoms with van der Waals surface area (Å²) >= 11 is 5.67. The Morgan fingerprint density at radius 1 is 1.47 bits per heavy atom. The predicted octanol–water partition coefficient (Wildman–Crippen LogP) is 3.16. The first-order valence-corrected chi connectivity index (χ1v) is 5.92. The molecule has 0 spiro atoms. The van der Waals surface area contributed by atoms with Gasteiger partial charge >= 0.3 is 0 Å². The van der Waals surface area contributed by atoms with Gasteiger partial charge in [0.05, 0.1) is 5.02 Å². The first-order valence-electron chi connectivity index (χ1n) is 5.54. The lowest BCUT2D eigenvalue weighted by Gasteiger charge is -2.04. The minimum absolute atomic E-state index is 0.0673. The Morgan fingerprint density at radius 3 is 2.94 bits per heavy atom. The number of halogens is 2. The van der Waals surface area contributed by atoms with Gasteiger partial charge in [-0.2, -0.15) is 0 Å². The molecule has 0 amide bonds. The third kappa shape index (κ3) is 2.96. The van der Waals surface area contributed by atoms with Crippen LogP contribution in [0.15, 0.2) is 16.5 Å². The fourth-order valence-corrected chi connectivity index (χ4v) is 1.70. The number of oxazole rings is 1. The zero-order chi connectivity index (χ0) is 12.4. The fraction of sp³-hybridized carbons (Fsp3) is 0.417. The molecule has 3 nitrogen and oxygen atoms in total. The molecule has 0 aliphatic carbocycles. The van der Waals surface area contributed by atoms with Crippen LogP contribution in [0.5, 0.6) is 0 Å². The van der Waals surface area contributed by atoms with Gasteiger partial charge in [0.25, 0.3) is 0 Å². The summed E-state index contributed by atoms with van der Waals surface area (Å²) in [5.74, 6) is 0.108. The summed E-state index contributed by atoms with van der Waals surface area (Å²) in [4.78, 5) is 4.25. The Labute approximate surface area is 104 Å². The van der Waals surface area contributed by atoms with Gasteiger partial charge in [0.2, 0.25) is 0 Å². The molecule has 1 N–H and O–H groups in total. The molecule has 0 atom stereocenters. The summed E-state index contributed by atoms with van der Waals surface area (Å²) < 4.78 is 18.6. The van der Waals surface area contributed by atoms with Crippen molar-refractivity contribution < 1.29 is 8.81 Å². The maximum Gasteiger partial charge on any atom is 0.196 e. The minimum atomic E-state index is -0.484. The van der Waals surface area contributed by atoms with Crippen LogP contribution in [0.25, 0.3) is 11.1 Å². The van der Waals surface area contributed by atoms with Gasteiger partial charge in [-0.25, -0.2) is 9.37 Å². The first-order chi connectivity index (χ1) is 8.06. The topological polar surface area (TPSA) is 38.1 Å². The monoisotopic (exact) mass is 256 g/mol. The number of aromatic nitrogens is 1. The molecule has 0 aliphatic rings. The predicted molar refractivity (Wildman–Crippen MR) is 65.8 cm³/mol. The second kappa shape index (κ2) is 5.02. The molecule has 0 radical (unpaired) electrons. The molecule has 0 fully saturated rings. The second-order valence-electron chi connectivity index (χ2n) is 4.20. The van der Waals surface area contributed by atoms with Gasteiger partial charge in [0.15, 0.2) is 11.5 Å². The molecule has 0 unspecified atom stereocenters. The molecular formula is C12H14ClFN2O. The summed E-state index contributed by atoms with van der Waals surface area (Å²) in [5, 5.41) is 3.33. The van der Waals surface area contributed by atoms with Crippen LogP contribution in [-0.4, -0.2) is 17.6 Å². The maximum absolute atomic E-state index is 13.2. The lowest BCUT2D eigenvalue weighted by atomic mass is 10.3. The van der Waals surface area contributed by atoms with E-state index < -0.39 is 5.82 Å². The molecule has 0 aliphatic heterocycles. The maximum atomic E-state index is 13.2. The van der Waals surface area contributed by atoms with Crippen LogP contribution >= 0.6 is 11.6 Å². The lowest BCUT2D eigenvalue weighted by Crippen LogP contribution is -2.24. The van der Waals surface area contributed by atoms with Crippen LogP contribution in [0.3, 0.4) is 0 Å². The third-order valence-electron chi connectivity index (χ3n) is 2.37. The molecule has 0 saturated heterocycles. The molecule has 92 valence electrons. The molecule has 2 aromatic rings. The van der Waals surface area contributed by atoms with E-state index in [9.17, 15) is 4.39 Å². The first kappa shape index (κ1) is 12.3. The number of nitrogens with one attached hydrogen (secondary N) is 1. The van der Waals surface area contributed by atoms with Crippen LogP contribution < -0.4 is 5.32 Å². The van der Waals surface area contributed by atoms with Crippen molar-refractivity contribution in [3.63, 3.8) is 0 Å². The van der Waals surface area contributed by atoms with Crippen molar-refractivity contribution in [3.8, 4) is 0 Å². The zero-order valence-corrected chi connectivity index (χ0v) is 10.5. The SMILES string of the molecule is CC(C)NCCc1nc2cc(Cl)c(F)cc2o1. The molecule has 1 aromatic carbocycles. The molecular weight excluding hydrogens is 243 g/mol. The molecule has 5 heteroatoms. The highest BCUT2D eigenvalue weighted by atomic mass is 35.5. The quantitative estimate of drug-likeness (QED) is 0.913. The summed E-state index contributed by atoms with van der Waals surface area (Å²) in [5.41, 5.74) is 1.03. The normalized spacial score (nSPS) is 11.6. The van der Waals surface area contributed by atoms with Crippen LogP contribution in [0.4, 0.5) is 4.39 Å². The number of hydrogen-bond donors (Lipinski definition) is 1. The van der Waals surface area contributed by atoms with E-state index >= 15 is 0 Å². The van der Waals surface area contributed by atoms with Gasteiger partial charge in [-0.3, -0.25) is 0 Å². The lowest BCUT2D eigenvalue weighted by molar-refractivity contribution is 0.499. The van der Waals surface area contributed by atoms with Crippen molar-refractivity contribution in [1.82, 2.24) is 10.3 Å². The summed E-state index contributed by atoms with van der Waals surface area (Å²) in [6.45, 7) is 4.92. The van der Waals surface area contributed by atoms with Gasteiger partial charge in [-0.1, -0.05) is 25.4 Å². The average molecular weight is 257 g/mol. The average Bonchev–Trinajstić information content (AvgIpc) is 2.60. The molecule has 2 rings (SSSR count). The zero-order valence-electron chi connectivity index (χ0n) is 9.76. The number of fused-ring (bicyclic) bond motifs is 1. The Hall–Kier alpha value is -1.13. The molecule has 17 heavy (non-hydrogen) atoms. The highest BCUT2D eigenvalue weighted by Crippen LogP contribution is 2.23. The van der Waals surface area contributed by atoms with Gasteiger partial charge in [-0.15, -0.1) is 0 Å². The van der Waals surface area contributed by atoms with Gasteiger partial charge in [0.1, 0.15) is 11.3 Å². The molecule has 1 aromatic heterocycles. The summed E-state index contributed by atoms with van der Waals surface area (Å²) in [6.07, 6.45) is 0.673. The van der Waals surface area contributed by atoms with E-state index in [2.05, 4.69) is 24.1 Å². The van der Waals surface area contributed by atoms with E-state index in [1.165, 1.54) is 12.1 Å². The Morgan fingerprint density at radius 2 is 2.24 bits per heavy atom. The summed E-state index contributed by atoms with van der Waals surface area (Å²) in [7, 11) is 0. The fourth-order valence-electron chi connectivity index (χ4n) is 1.55. The van der Waals surface area contributed by atoms with E-state index in [1.54, 1.807) is 0 Å². The van der Waals surface area contributed by atoms with E-state index in [4.69, 9.17) is 16.0 Å². The molecule has 1 heterocycles. The Bertz CT molecular complexity index is 485. The van der Waals surface area contributed by atoms with Gasteiger partial charge < -0.3 is 9.73 Å². The number of rotatable bonds is 4. The van der Waals surface area contributed by atoms with Crippen molar-refractivity contribution in [3.05, 3.63) is 28.9 Å².